The van der Waals surface area contributed by atoms with E-state index in [1.165, 1.54) is 39.4 Å². The predicted octanol–water partition coefficient (Wildman–Crippen LogP) is 2.86. The average Bonchev–Trinajstić information content (AvgIpc) is 3.08. The average molecular weight is 401 g/mol. The number of carbonyl (C=O) groups excluding carboxylic acids is 1. The van der Waals surface area contributed by atoms with Gasteiger partial charge in [0.2, 0.25) is 15.2 Å². The van der Waals surface area contributed by atoms with Crippen molar-refractivity contribution in [1.29, 1.82) is 0 Å². The van der Waals surface area contributed by atoms with Gasteiger partial charge in [-0.2, -0.15) is 4.31 Å². The third-order valence-corrected chi connectivity index (χ3v) is 6.96. The fourth-order valence-corrected chi connectivity index (χ4v) is 5.28. The number of anilines is 1. The summed E-state index contributed by atoms with van der Waals surface area (Å²) < 4.78 is 27.3. The second-order valence-electron chi connectivity index (χ2n) is 5.95. The Hall–Kier alpha value is -1.55. The van der Waals surface area contributed by atoms with Crippen LogP contribution in [0.5, 0.6) is 0 Å². The number of piperidine rings is 1. The molecule has 10 heteroatoms. The minimum atomic E-state index is -3.75. The van der Waals surface area contributed by atoms with Crippen LogP contribution in [0.25, 0.3) is 0 Å². The number of sulfonamides is 1. The molecule has 3 rings (SSSR count). The number of hydrogen-bond acceptors (Lipinski definition) is 6. The van der Waals surface area contributed by atoms with E-state index in [9.17, 15) is 13.2 Å². The molecule has 1 saturated heterocycles. The van der Waals surface area contributed by atoms with Gasteiger partial charge in [0, 0.05) is 18.7 Å². The molecule has 1 unspecified atom stereocenters. The Morgan fingerprint density at radius 2 is 2.24 bits per heavy atom. The Bertz CT molecular complexity index is 871. The van der Waals surface area contributed by atoms with Gasteiger partial charge in [0.15, 0.2) is 0 Å². The van der Waals surface area contributed by atoms with E-state index in [2.05, 4.69) is 15.5 Å². The van der Waals surface area contributed by atoms with Crippen molar-refractivity contribution in [2.24, 2.45) is 5.92 Å². The van der Waals surface area contributed by atoms with Gasteiger partial charge in [-0.05, 0) is 37.0 Å². The number of amides is 1. The van der Waals surface area contributed by atoms with E-state index in [-0.39, 0.29) is 15.5 Å². The first kappa shape index (κ1) is 18.2. The van der Waals surface area contributed by atoms with Crippen molar-refractivity contribution >= 4 is 44.0 Å². The number of halogens is 1. The number of benzene rings is 1. The standard InChI is InChI=1S/C15H17ClN4O3S2/c1-10-3-2-6-20(8-10)25(22,23)13-7-11(4-5-12(13)16)14(21)18-15-19-17-9-24-15/h4-5,7,9-10H,2-3,6,8H2,1H3,(H,18,19,21). The summed E-state index contributed by atoms with van der Waals surface area (Å²) in [6, 6.07) is 4.22. The van der Waals surface area contributed by atoms with Crippen LogP contribution in [0, 0.1) is 5.92 Å². The topological polar surface area (TPSA) is 92.3 Å². The minimum absolute atomic E-state index is 0.0480. The van der Waals surface area contributed by atoms with Crippen LogP contribution in [0.4, 0.5) is 5.13 Å². The van der Waals surface area contributed by atoms with E-state index >= 15 is 0 Å². The van der Waals surface area contributed by atoms with Gasteiger partial charge in [0.1, 0.15) is 10.4 Å². The second kappa shape index (κ2) is 7.36. The molecule has 1 fully saturated rings. The monoisotopic (exact) mass is 400 g/mol. The number of nitrogens with zero attached hydrogens (tertiary/aromatic N) is 3. The maximum atomic E-state index is 12.9. The molecule has 25 heavy (non-hydrogen) atoms. The van der Waals surface area contributed by atoms with Crippen molar-refractivity contribution in [3.63, 3.8) is 0 Å². The van der Waals surface area contributed by atoms with Crippen LogP contribution < -0.4 is 5.32 Å². The van der Waals surface area contributed by atoms with Crippen molar-refractivity contribution in [3.05, 3.63) is 34.3 Å². The molecule has 0 saturated carbocycles. The second-order valence-corrected chi connectivity index (χ2v) is 9.10. The van der Waals surface area contributed by atoms with Crippen molar-refractivity contribution in [3.8, 4) is 0 Å². The first-order valence-electron chi connectivity index (χ1n) is 7.75. The van der Waals surface area contributed by atoms with Crippen molar-refractivity contribution in [1.82, 2.24) is 14.5 Å². The molecule has 0 radical (unpaired) electrons. The molecule has 1 aliphatic rings. The Labute approximate surface area is 155 Å². The van der Waals surface area contributed by atoms with Crippen LogP contribution >= 0.6 is 22.9 Å². The smallest absolute Gasteiger partial charge is 0.257 e. The minimum Gasteiger partial charge on any atom is -0.296 e. The number of nitrogens with one attached hydrogen (secondary N) is 1. The lowest BCUT2D eigenvalue weighted by Crippen LogP contribution is -2.39. The van der Waals surface area contributed by atoms with Gasteiger partial charge in [0.05, 0.1) is 5.02 Å². The van der Waals surface area contributed by atoms with Gasteiger partial charge in [0.25, 0.3) is 5.91 Å². The summed E-state index contributed by atoms with van der Waals surface area (Å²) in [5.41, 5.74) is 1.69. The lowest BCUT2D eigenvalue weighted by molar-refractivity contribution is 0.102. The third kappa shape index (κ3) is 4.00. The lowest BCUT2D eigenvalue weighted by atomic mass is 10.0. The largest absolute Gasteiger partial charge is 0.296 e. The van der Waals surface area contributed by atoms with Gasteiger partial charge >= 0.3 is 0 Å². The Morgan fingerprint density at radius 1 is 1.44 bits per heavy atom. The van der Waals surface area contributed by atoms with E-state index in [4.69, 9.17) is 11.6 Å². The van der Waals surface area contributed by atoms with Crippen LogP contribution in [0.15, 0.2) is 28.6 Å². The zero-order chi connectivity index (χ0) is 18.0. The highest BCUT2D eigenvalue weighted by molar-refractivity contribution is 7.89. The van der Waals surface area contributed by atoms with Crippen LogP contribution in [0.2, 0.25) is 5.02 Å². The molecule has 7 nitrogen and oxygen atoms in total. The molecule has 1 aromatic heterocycles. The van der Waals surface area contributed by atoms with Crippen molar-refractivity contribution < 1.29 is 13.2 Å². The Morgan fingerprint density at radius 3 is 2.92 bits per heavy atom. The SMILES string of the molecule is CC1CCCN(S(=O)(=O)c2cc(C(=O)Nc3nncs3)ccc2Cl)C1. The summed E-state index contributed by atoms with van der Waals surface area (Å²) in [5.74, 6) is -0.164. The molecule has 0 aliphatic carbocycles. The highest BCUT2D eigenvalue weighted by Gasteiger charge is 2.31. The number of carbonyl (C=O) groups is 1. The normalized spacial score (nSPS) is 18.9. The molecular weight excluding hydrogens is 384 g/mol. The summed E-state index contributed by atoms with van der Waals surface area (Å²) in [6.07, 6.45) is 1.82. The van der Waals surface area contributed by atoms with Crippen LogP contribution in [0.3, 0.4) is 0 Å². The van der Waals surface area contributed by atoms with E-state index in [1.54, 1.807) is 0 Å². The molecule has 2 heterocycles. The molecule has 0 spiro atoms. The molecular formula is C15H17ClN4O3S2. The quantitative estimate of drug-likeness (QED) is 0.851. The highest BCUT2D eigenvalue weighted by atomic mass is 35.5. The van der Waals surface area contributed by atoms with Crippen LogP contribution in [0.1, 0.15) is 30.1 Å². The predicted molar refractivity (Wildman–Crippen MR) is 96.5 cm³/mol. The van der Waals surface area contributed by atoms with Crippen LogP contribution in [-0.2, 0) is 10.0 Å². The molecule has 1 atom stereocenters. The maximum absolute atomic E-state index is 12.9. The molecule has 1 aromatic carbocycles. The summed E-state index contributed by atoms with van der Waals surface area (Å²) in [5, 5.41) is 10.4. The first-order chi connectivity index (χ1) is 11.9. The summed E-state index contributed by atoms with van der Waals surface area (Å²) in [6.45, 7) is 2.94. The van der Waals surface area contributed by atoms with Gasteiger partial charge < -0.3 is 0 Å². The number of rotatable bonds is 4. The summed E-state index contributed by atoms with van der Waals surface area (Å²) in [4.78, 5) is 12.3. The van der Waals surface area contributed by atoms with Crippen LogP contribution in [-0.4, -0.2) is 41.9 Å². The van der Waals surface area contributed by atoms with Gasteiger partial charge in [-0.3, -0.25) is 10.1 Å². The molecule has 1 amide bonds. The van der Waals surface area contributed by atoms with Crippen molar-refractivity contribution in [2.75, 3.05) is 18.4 Å². The fraction of sp³-hybridized carbons (Fsp3) is 0.400. The van der Waals surface area contributed by atoms with Gasteiger partial charge in [-0.1, -0.05) is 29.9 Å². The molecule has 2 aromatic rings. The highest BCUT2D eigenvalue weighted by Crippen LogP contribution is 2.29. The Balaban J connectivity index is 1.89. The Kier molecular flexibility index (Phi) is 5.38. The fourth-order valence-electron chi connectivity index (χ4n) is 2.74. The zero-order valence-corrected chi connectivity index (χ0v) is 15.9. The van der Waals surface area contributed by atoms with E-state index in [0.29, 0.717) is 24.1 Å². The molecule has 134 valence electrons. The summed E-state index contributed by atoms with van der Waals surface area (Å²) in [7, 11) is -3.75. The lowest BCUT2D eigenvalue weighted by Gasteiger charge is -2.30. The first-order valence-corrected chi connectivity index (χ1v) is 10.4. The third-order valence-electron chi connectivity index (χ3n) is 4.01. The van der Waals surface area contributed by atoms with E-state index in [0.717, 1.165) is 12.8 Å². The van der Waals surface area contributed by atoms with Gasteiger partial charge in [-0.25, -0.2) is 8.42 Å². The van der Waals surface area contributed by atoms with Crippen molar-refractivity contribution in [2.45, 2.75) is 24.7 Å². The van der Waals surface area contributed by atoms with Gasteiger partial charge in [-0.15, -0.1) is 10.2 Å². The molecule has 1 aliphatic heterocycles. The van der Waals surface area contributed by atoms with E-state index in [1.807, 2.05) is 6.92 Å². The number of hydrogen-bond donors (Lipinski definition) is 1. The molecule has 1 N–H and O–H groups in total. The molecule has 0 bridgehead atoms. The van der Waals surface area contributed by atoms with E-state index < -0.39 is 15.9 Å². The maximum Gasteiger partial charge on any atom is 0.257 e. The summed E-state index contributed by atoms with van der Waals surface area (Å²) >= 11 is 7.30. The zero-order valence-electron chi connectivity index (χ0n) is 13.5. The number of aromatic nitrogens is 2.